The van der Waals surface area contributed by atoms with Crippen molar-refractivity contribution < 1.29 is 8.42 Å². The molecule has 1 unspecified atom stereocenters. The van der Waals surface area contributed by atoms with Crippen molar-refractivity contribution >= 4 is 10.2 Å². The summed E-state index contributed by atoms with van der Waals surface area (Å²) >= 11 is 0. The van der Waals surface area contributed by atoms with Crippen LogP contribution in [-0.4, -0.2) is 31.8 Å². The van der Waals surface area contributed by atoms with E-state index in [0.29, 0.717) is 5.56 Å². The SMILES string of the molecule is CN(C)S(=O)(=O)NC(C#N)c1cccnc1. The molecular weight excluding hydrogens is 228 g/mol. The van der Waals surface area contributed by atoms with E-state index >= 15 is 0 Å². The molecule has 0 saturated carbocycles. The molecule has 0 amide bonds. The number of nitrogens with one attached hydrogen (secondary N) is 1. The zero-order chi connectivity index (χ0) is 12.2. The van der Waals surface area contributed by atoms with Gasteiger partial charge < -0.3 is 0 Å². The first-order valence-corrected chi connectivity index (χ1v) is 5.90. The third kappa shape index (κ3) is 3.00. The number of nitrogens with zero attached hydrogens (tertiary/aromatic N) is 3. The molecule has 0 radical (unpaired) electrons. The molecule has 0 spiro atoms. The van der Waals surface area contributed by atoms with E-state index in [-0.39, 0.29) is 0 Å². The van der Waals surface area contributed by atoms with E-state index in [0.717, 1.165) is 4.31 Å². The van der Waals surface area contributed by atoms with Crippen LogP contribution in [0.3, 0.4) is 0 Å². The van der Waals surface area contributed by atoms with Crippen molar-refractivity contribution in [2.24, 2.45) is 0 Å². The molecule has 0 bridgehead atoms. The highest BCUT2D eigenvalue weighted by Crippen LogP contribution is 2.11. The summed E-state index contributed by atoms with van der Waals surface area (Å²) in [4.78, 5) is 3.83. The van der Waals surface area contributed by atoms with Crippen molar-refractivity contribution in [3.63, 3.8) is 0 Å². The second-order valence-electron chi connectivity index (χ2n) is 3.25. The Kier molecular flexibility index (Phi) is 3.95. The Bertz CT molecular complexity index is 478. The Morgan fingerprint density at radius 3 is 2.69 bits per heavy atom. The monoisotopic (exact) mass is 240 g/mol. The van der Waals surface area contributed by atoms with Gasteiger partial charge in [0.05, 0.1) is 6.07 Å². The lowest BCUT2D eigenvalue weighted by molar-refractivity contribution is 0.500. The van der Waals surface area contributed by atoms with Gasteiger partial charge in [-0.15, -0.1) is 0 Å². The van der Waals surface area contributed by atoms with Crippen LogP contribution in [0.1, 0.15) is 11.6 Å². The largest absolute Gasteiger partial charge is 0.280 e. The minimum absolute atomic E-state index is 0.510. The lowest BCUT2D eigenvalue weighted by Gasteiger charge is -2.15. The van der Waals surface area contributed by atoms with Gasteiger partial charge >= 0.3 is 0 Å². The van der Waals surface area contributed by atoms with E-state index < -0.39 is 16.3 Å². The first kappa shape index (κ1) is 12.6. The van der Waals surface area contributed by atoms with Gasteiger partial charge in [0.15, 0.2) is 0 Å². The Hall–Kier alpha value is -1.49. The maximum Gasteiger partial charge on any atom is 0.280 e. The standard InChI is InChI=1S/C9H12N4O2S/c1-13(2)16(14,15)12-9(6-10)8-4-3-5-11-7-8/h3-5,7,9,12H,1-2H3. The van der Waals surface area contributed by atoms with Crippen molar-refractivity contribution in [3.8, 4) is 6.07 Å². The van der Waals surface area contributed by atoms with E-state index in [1.165, 1.54) is 20.3 Å². The molecule has 1 rings (SSSR count). The van der Waals surface area contributed by atoms with Gasteiger partial charge in [-0.2, -0.15) is 22.7 Å². The molecule has 0 saturated heterocycles. The van der Waals surface area contributed by atoms with Crippen LogP contribution in [-0.2, 0) is 10.2 Å². The number of hydrogen-bond donors (Lipinski definition) is 1. The third-order valence-corrected chi connectivity index (χ3v) is 3.39. The number of rotatable bonds is 4. The van der Waals surface area contributed by atoms with Crippen LogP contribution in [0.15, 0.2) is 24.5 Å². The molecule has 0 aromatic carbocycles. The van der Waals surface area contributed by atoms with Crippen LogP contribution >= 0.6 is 0 Å². The molecule has 1 aromatic heterocycles. The molecular formula is C9H12N4O2S. The van der Waals surface area contributed by atoms with Crippen LogP contribution in [0.4, 0.5) is 0 Å². The van der Waals surface area contributed by atoms with Crippen molar-refractivity contribution in [2.45, 2.75) is 6.04 Å². The van der Waals surface area contributed by atoms with Gasteiger partial charge in [-0.1, -0.05) is 6.07 Å². The number of hydrogen-bond acceptors (Lipinski definition) is 4. The Labute approximate surface area is 94.7 Å². The fourth-order valence-corrected chi connectivity index (χ4v) is 1.67. The minimum atomic E-state index is -3.62. The Balaban J connectivity index is 2.92. The molecule has 1 atom stereocenters. The van der Waals surface area contributed by atoms with Gasteiger partial charge in [0, 0.05) is 32.1 Å². The number of nitriles is 1. The number of pyridine rings is 1. The topological polar surface area (TPSA) is 86.1 Å². The van der Waals surface area contributed by atoms with Gasteiger partial charge in [-0.3, -0.25) is 4.98 Å². The quantitative estimate of drug-likeness (QED) is 0.805. The summed E-state index contributed by atoms with van der Waals surface area (Å²) in [6.45, 7) is 0. The van der Waals surface area contributed by atoms with Crippen LogP contribution in [0, 0.1) is 11.3 Å². The van der Waals surface area contributed by atoms with Crippen molar-refractivity contribution in [1.29, 1.82) is 5.26 Å². The fraction of sp³-hybridized carbons (Fsp3) is 0.333. The van der Waals surface area contributed by atoms with Gasteiger partial charge in [0.2, 0.25) is 0 Å². The van der Waals surface area contributed by atoms with E-state index in [1.807, 2.05) is 6.07 Å². The Morgan fingerprint density at radius 1 is 1.56 bits per heavy atom. The molecule has 7 heteroatoms. The predicted molar refractivity (Wildman–Crippen MR) is 58.3 cm³/mol. The fourth-order valence-electron chi connectivity index (χ4n) is 0.970. The zero-order valence-corrected chi connectivity index (χ0v) is 9.77. The van der Waals surface area contributed by atoms with Gasteiger partial charge in [-0.05, 0) is 6.07 Å². The van der Waals surface area contributed by atoms with E-state index in [4.69, 9.17) is 5.26 Å². The maximum absolute atomic E-state index is 11.5. The summed E-state index contributed by atoms with van der Waals surface area (Å²) in [6, 6.07) is 4.22. The highest BCUT2D eigenvalue weighted by atomic mass is 32.2. The molecule has 0 aliphatic heterocycles. The lowest BCUT2D eigenvalue weighted by Crippen LogP contribution is -2.37. The molecule has 1 heterocycles. The second kappa shape index (κ2) is 5.03. The van der Waals surface area contributed by atoms with E-state index in [1.54, 1.807) is 18.3 Å². The van der Waals surface area contributed by atoms with Crippen LogP contribution in [0.25, 0.3) is 0 Å². The van der Waals surface area contributed by atoms with Gasteiger partial charge in [0.1, 0.15) is 6.04 Å². The normalized spacial score (nSPS) is 13.4. The van der Waals surface area contributed by atoms with Crippen molar-refractivity contribution in [3.05, 3.63) is 30.1 Å². The van der Waals surface area contributed by atoms with Crippen LogP contribution in [0.2, 0.25) is 0 Å². The Morgan fingerprint density at radius 2 is 2.25 bits per heavy atom. The van der Waals surface area contributed by atoms with E-state index in [2.05, 4.69) is 9.71 Å². The maximum atomic E-state index is 11.5. The third-order valence-electron chi connectivity index (χ3n) is 1.89. The van der Waals surface area contributed by atoms with E-state index in [9.17, 15) is 8.42 Å². The molecule has 0 aliphatic rings. The smallest absolute Gasteiger partial charge is 0.264 e. The minimum Gasteiger partial charge on any atom is -0.264 e. The summed E-state index contributed by atoms with van der Waals surface area (Å²) in [7, 11) is -0.847. The molecule has 1 N–H and O–H groups in total. The summed E-state index contributed by atoms with van der Waals surface area (Å²) in [5.74, 6) is 0. The molecule has 86 valence electrons. The van der Waals surface area contributed by atoms with Gasteiger partial charge in [-0.25, -0.2) is 0 Å². The van der Waals surface area contributed by atoms with Crippen LogP contribution in [0.5, 0.6) is 0 Å². The summed E-state index contributed by atoms with van der Waals surface area (Å²) < 4.78 is 26.3. The zero-order valence-electron chi connectivity index (χ0n) is 8.95. The van der Waals surface area contributed by atoms with Gasteiger partial charge in [0.25, 0.3) is 10.2 Å². The summed E-state index contributed by atoms with van der Waals surface area (Å²) in [5.41, 5.74) is 0.510. The van der Waals surface area contributed by atoms with Crippen molar-refractivity contribution in [1.82, 2.24) is 14.0 Å². The van der Waals surface area contributed by atoms with Crippen molar-refractivity contribution in [2.75, 3.05) is 14.1 Å². The lowest BCUT2D eigenvalue weighted by atomic mass is 10.1. The first-order chi connectivity index (χ1) is 7.47. The molecule has 6 nitrogen and oxygen atoms in total. The molecule has 0 fully saturated rings. The average Bonchev–Trinajstić information content (AvgIpc) is 2.27. The van der Waals surface area contributed by atoms with Crippen LogP contribution < -0.4 is 4.72 Å². The first-order valence-electron chi connectivity index (χ1n) is 4.46. The highest BCUT2D eigenvalue weighted by Gasteiger charge is 2.20. The summed E-state index contributed by atoms with van der Waals surface area (Å²) in [6.07, 6.45) is 3.00. The molecule has 1 aromatic rings. The highest BCUT2D eigenvalue weighted by molar-refractivity contribution is 7.87. The predicted octanol–water partition coefficient (Wildman–Crippen LogP) is 0.0423. The second-order valence-corrected chi connectivity index (χ2v) is 5.17. The average molecular weight is 240 g/mol. The molecule has 16 heavy (non-hydrogen) atoms. The summed E-state index contributed by atoms with van der Waals surface area (Å²) in [5, 5.41) is 8.90. The molecule has 0 aliphatic carbocycles. The number of aromatic nitrogens is 1.